The molecule has 0 aliphatic heterocycles. The van der Waals surface area contributed by atoms with Gasteiger partial charge < -0.3 is 9.84 Å². The van der Waals surface area contributed by atoms with Crippen molar-refractivity contribution in [2.24, 2.45) is 0 Å². The van der Waals surface area contributed by atoms with E-state index in [1.54, 1.807) is 31.2 Å². The van der Waals surface area contributed by atoms with Crippen LogP contribution in [0.1, 0.15) is 40.2 Å². The summed E-state index contributed by atoms with van der Waals surface area (Å²) in [6.07, 6.45) is -4.46. The summed E-state index contributed by atoms with van der Waals surface area (Å²) in [5.41, 5.74) is 0.932. The summed E-state index contributed by atoms with van der Waals surface area (Å²) in [7, 11) is 0. The molecule has 1 heterocycles. The third-order valence-corrected chi connectivity index (χ3v) is 4.08. The van der Waals surface area contributed by atoms with Gasteiger partial charge in [0.2, 0.25) is 5.76 Å². The van der Waals surface area contributed by atoms with Crippen LogP contribution in [-0.2, 0) is 6.18 Å². The molecule has 28 heavy (non-hydrogen) atoms. The maximum atomic E-state index is 12.8. The molecule has 0 spiro atoms. The van der Waals surface area contributed by atoms with Gasteiger partial charge in [0.15, 0.2) is 0 Å². The van der Waals surface area contributed by atoms with Gasteiger partial charge in [0.25, 0.3) is 5.91 Å². The van der Waals surface area contributed by atoms with E-state index in [1.807, 2.05) is 6.07 Å². The fourth-order valence-corrected chi connectivity index (χ4v) is 2.60. The second kappa shape index (κ2) is 7.56. The lowest BCUT2D eigenvalue weighted by Gasteiger charge is -2.15. The molecule has 0 fully saturated rings. The van der Waals surface area contributed by atoms with Crippen LogP contribution in [0, 0.1) is 11.3 Å². The molecule has 1 aromatic heterocycles. The summed E-state index contributed by atoms with van der Waals surface area (Å²) >= 11 is 0. The number of alkyl halides is 3. The van der Waals surface area contributed by atoms with Crippen LogP contribution in [-0.4, -0.2) is 11.1 Å². The fraction of sp³-hybridized carbons (Fsp3) is 0.150. The first-order valence-corrected chi connectivity index (χ1v) is 8.23. The molecule has 0 saturated heterocycles. The summed E-state index contributed by atoms with van der Waals surface area (Å²) in [6.45, 7) is 1.57. The third-order valence-electron chi connectivity index (χ3n) is 4.08. The van der Waals surface area contributed by atoms with Crippen molar-refractivity contribution in [1.29, 1.82) is 5.26 Å². The number of rotatable bonds is 4. The van der Waals surface area contributed by atoms with Crippen molar-refractivity contribution in [1.82, 2.24) is 10.5 Å². The second-order valence-electron chi connectivity index (χ2n) is 6.09. The van der Waals surface area contributed by atoms with Crippen LogP contribution in [0.5, 0.6) is 0 Å². The molecule has 1 N–H and O–H groups in total. The van der Waals surface area contributed by atoms with E-state index in [0.717, 1.165) is 12.1 Å². The summed E-state index contributed by atoms with van der Waals surface area (Å²) in [4.78, 5) is 12.4. The zero-order chi connectivity index (χ0) is 20.3. The highest BCUT2D eigenvalue weighted by Crippen LogP contribution is 2.30. The summed E-state index contributed by atoms with van der Waals surface area (Å²) < 4.78 is 43.6. The molecular weight excluding hydrogens is 371 g/mol. The van der Waals surface area contributed by atoms with Crippen LogP contribution in [0.3, 0.4) is 0 Å². The monoisotopic (exact) mass is 385 g/mol. The average molecular weight is 385 g/mol. The van der Waals surface area contributed by atoms with Crippen molar-refractivity contribution in [3.63, 3.8) is 0 Å². The number of carbonyl (C=O) groups excluding carboxylic acids is 1. The molecule has 3 rings (SSSR count). The standard InChI is InChI=1S/C20H14F3N3O2/c1-12(14-5-3-7-16(9-14)20(21,22)23)25-19(27)18-10-17(26-28-18)15-6-2-4-13(8-15)11-24/h2-10,12H,1H3,(H,25,27)/t12-/m1/s1. The number of carbonyl (C=O) groups is 1. The molecule has 5 nitrogen and oxygen atoms in total. The third kappa shape index (κ3) is 4.20. The van der Waals surface area contributed by atoms with Gasteiger partial charge in [0.1, 0.15) is 5.69 Å². The van der Waals surface area contributed by atoms with Crippen LogP contribution in [0.15, 0.2) is 59.1 Å². The van der Waals surface area contributed by atoms with Crippen molar-refractivity contribution in [2.75, 3.05) is 0 Å². The van der Waals surface area contributed by atoms with Gasteiger partial charge in [0.05, 0.1) is 23.2 Å². The van der Waals surface area contributed by atoms with E-state index in [0.29, 0.717) is 22.4 Å². The van der Waals surface area contributed by atoms with Gasteiger partial charge in [-0.1, -0.05) is 29.4 Å². The van der Waals surface area contributed by atoms with E-state index in [4.69, 9.17) is 9.78 Å². The van der Waals surface area contributed by atoms with Gasteiger partial charge in [-0.3, -0.25) is 4.79 Å². The lowest BCUT2D eigenvalue weighted by molar-refractivity contribution is -0.137. The first kappa shape index (κ1) is 19.2. The van der Waals surface area contributed by atoms with Crippen molar-refractivity contribution in [3.8, 4) is 17.3 Å². The Bertz CT molecular complexity index is 1050. The minimum Gasteiger partial charge on any atom is -0.350 e. The number of hydrogen-bond acceptors (Lipinski definition) is 4. The van der Waals surface area contributed by atoms with Crippen LogP contribution in [0.2, 0.25) is 0 Å². The Labute approximate surface area is 158 Å². The van der Waals surface area contributed by atoms with Crippen LogP contribution >= 0.6 is 0 Å². The molecule has 0 radical (unpaired) electrons. The summed E-state index contributed by atoms with van der Waals surface area (Å²) in [6, 6.07) is 14.1. The molecule has 1 atom stereocenters. The minimum atomic E-state index is -4.46. The smallest absolute Gasteiger partial charge is 0.350 e. The Morgan fingerprint density at radius 3 is 2.64 bits per heavy atom. The molecule has 0 unspecified atom stereocenters. The quantitative estimate of drug-likeness (QED) is 0.705. The topological polar surface area (TPSA) is 78.9 Å². The summed E-state index contributed by atoms with van der Waals surface area (Å²) in [5.74, 6) is -0.698. The number of amides is 1. The molecule has 2 aromatic carbocycles. The summed E-state index contributed by atoms with van der Waals surface area (Å²) in [5, 5.41) is 15.4. The van der Waals surface area contributed by atoms with Gasteiger partial charge in [0, 0.05) is 11.6 Å². The molecule has 142 valence electrons. The predicted molar refractivity (Wildman–Crippen MR) is 94.0 cm³/mol. The van der Waals surface area contributed by atoms with E-state index < -0.39 is 23.7 Å². The molecule has 8 heteroatoms. The van der Waals surface area contributed by atoms with Gasteiger partial charge in [-0.15, -0.1) is 0 Å². The van der Waals surface area contributed by atoms with Gasteiger partial charge in [-0.05, 0) is 36.8 Å². The van der Waals surface area contributed by atoms with Gasteiger partial charge in [-0.2, -0.15) is 18.4 Å². The molecule has 0 bridgehead atoms. The van der Waals surface area contributed by atoms with Crippen molar-refractivity contribution in [2.45, 2.75) is 19.1 Å². The lowest BCUT2D eigenvalue weighted by Crippen LogP contribution is -2.26. The zero-order valence-corrected chi connectivity index (χ0v) is 14.6. The van der Waals surface area contributed by atoms with E-state index in [1.165, 1.54) is 18.2 Å². The molecule has 0 saturated carbocycles. The molecular formula is C20H14F3N3O2. The Hall–Kier alpha value is -3.60. The van der Waals surface area contributed by atoms with Crippen molar-refractivity contribution in [3.05, 3.63) is 77.0 Å². The van der Waals surface area contributed by atoms with E-state index in [-0.39, 0.29) is 5.76 Å². The van der Waals surface area contributed by atoms with Gasteiger partial charge >= 0.3 is 6.18 Å². The highest BCUT2D eigenvalue weighted by Gasteiger charge is 2.30. The van der Waals surface area contributed by atoms with E-state index in [2.05, 4.69) is 10.5 Å². The minimum absolute atomic E-state index is 0.0869. The molecule has 3 aromatic rings. The normalized spacial score (nSPS) is 12.2. The number of aromatic nitrogens is 1. The van der Waals surface area contributed by atoms with Crippen LogP contribution < -0.4 is 5.32 Å². The average Bonchev–Trinajstić information content (AvgIpc) is 3.18. The molecule has 1 amide bonds. The predicted octanol–water partition coefficient (Wildman–Crippen LogP) is 4.72. The Morgan fingerprint density at radius 1 is 1.18 bits per heavy atom. The fourth-order valence-electron chi connectivity index (χ4n) is 2.60. The zero-order valence-electron chi connectivity index (χ0n) is 14.6. The number of nitrogens with one attached hydrogen (secondary N) is 1. The Morgan fingerprint density at radius 2 is 1.93 bits per heavy atom. The van der Waals surface area contributed by atoms with Crippen LogP contribution in [0.25, 0.3) is 11.3 Å². The number of hydrogen-bond donors (Lipinski definition) is 1. The van der Waals surface area contributed by atoms with Crippen molar-refractivity contribution >= 4 is 5.91 Å². The Balaban J connectivity index is 1.75. The number of nitriles is 1. The number of nitrogens with zero attached hydrogens (tertiary/aromatic N) is 2. The molecule has 0 aliphatic carbocycles. The maximum absolute atomic E-state index is 12.8. The maximum Gasteiger partial charge on any atom is 0.416 e. The SMILES string of the molecule is C[C@@H](NC(=O)c1cc(-c2cccc(C#N)c2)no1)c1cccc(C(F)(F)F)c1. The first-order valence-electron chi connectivity index (χ1n) is 8.23. The highest BCUT2D eigenvalue weighted by atomic mass is 19.4. The van der Waals surface area contributed by atoms with Crippen LogP contribution in [0.4, 0.5) is 13.2 Å². The number of halogens is 3. The second-order valence-corrected chi connectivity index (χ2v) is 6.09. The molecule has 0 aliphatic rings. The van der Waals surface area contributed by atoms with Crippen molar-refractivity contribution < 1.29 is 22.5 Å². The number of benzene rings is 2. The lowest BCUT2D eigenvalue weighted by atomic mass is 10.0. The largest absolute Gasteiger partial charge is 0.416 e. The highest BCUT2D eigenvalue weighted by molar-refractivity contribution is 5.92. The van der Waals surface area contributed by atoms with E-state index >= 15 is 0 Å². The van der Waals surface area contributed by atoms with E-state index in [9.17, 15) is 18.0 Å². The Kier molecular flexibility index (Phi) is 5.18. The van der Waals surface area contributed by atoms with Gasteiger partial charge in [-0.25, -0.2) is 0 Å². The first-order chi connectivity index (χ1) is 13.3.